The zero-order chi connectivity index (χ0) is 11.9. The van der Waals surface area contributed by atoms with Crippen LogP contribution in [0.25, 0.3) is 0 Å². The van der Waals surface area contributed by atoms with Crippen molar-refractivity contribution in [3.63, 3.8) is 0 Å². The van der Waals surface area contributed by atoms with Gasteiger partial charge in [0.15, 0.2) is 0 Å². The average molecular weight is 241 g/mol. The van der Waals surface area contributed by atoms with E-state index in [-0.39, 0.29) is 6.04 Å². The molecule has 1 aliphatic heterocycles. The van der Waals surface area contributed by atoms with Crippen LogP contribution in [0.1, 0.15) is 11.1 Å². The molecule has 5 heteroatoms. The summed E-state index contributed by atoms with van der Waals surface area (Å²) < 4.78 is 0. The van der Waals surface area contributed by atoms with Gasteiger partial charge >= 0.3 is 5.97 Å². The molecule has 0 radical (unpaired) electrons. The molecular formula is C11H13ClN2O2. The third kappa shape index (κ3) is 1.74. The van der Waals surface area contributed by atoms with E-state index in [2.05, 4.69) is 5.32 Å². The molecule has 0 saturated carbocycles. The van der Waals surface area contributed by atoms with Crippen LogP contribution >= 0.6 is 11.6 Å². The number of aliphatic carboxylic acids is 1. The van der Waals surface area contributed by atoms with E-state index in [1.165, 1.54) is 0 Å². The third-order valence-corrected chi connectivity index (χ3v) is 3.38. The van der Waals surface area contributed by atoms with Crippen molar-refractivity contribution in [3.05, 3.63) is 28.3 Å². The van der Waals surface area contributed by atoms with Crippen molar-refractivity contribution in [1.29, 1.82) is 0 Å². The molecular weight excluding hydrogens is 228 g/mol. The molecule has 0 amide bonds. The number of nitrogens with two attached hydrogens (primary N) is 1. The van der Waals surface area contributed by atoms with Crippen molar-refractivity contribution >= 4 is 23.3 Å². The molecule has 1 heterocycles. The van der Waals surface area contributed by atoms with Crippen LogP contribution in [0.4, 0.5) is 5.69 Å². The van der Waals surface area contributed by atoms with Crippen molar-refractivity contribution in [1.82, 2.24) is 0 Å². The number of carboxylic acids is 1. The van der Waals surface area contributed by atoms with Gasteiger partial charge in [0.25, 0.3) is 0 Å². The first-order valence-corrected chi connectivity index (χ1v) is 5.41. The number of anilines is 1. The van der Waals surface area contributed by atoms with E-state index >= 15 is 0 Å². The Morgan fingerprint density at radius 1 is 1.69 bits per heavy atom. The second-order valence-corrected chi connectivity index (χ2v) is 4.43. The Morgan fingerprint density at radius 3 is 3.00 bits per heavy atom. The van der Waals surface area contributed by atoms with E-state index in [4.69, 9.17) is 22.4 Å². The van der Waals surface area contributed by atoms with E-state index in [1.54, 1.807) is 0 Å². The Bertz CT molecular complexity index is 448. The predicted octanol–water partition coefficient (Wildman–Crippen LogP) is 1.40. The van der Waals surface area contributed by atoms with E-state index in [9.17, 15) is 4.79 Å². The van der Waals surface area contributed by atoms with Gasteiger partial charge < -0.3 is 16.2 Å². The number of carbonyl (C=O) groups is 1. The van der Waals surface area contributed by atoms with Gasteiger partial charge in [-0.1, -0.05) is 17.7 Å². The summed E-state index contributed by atoms with van der Waals surface area (Å²) in [5, 5.41) is 12.7. The lowest BCUT2D eigenvalue weighted by Crippen LogP contribution is -2.45. The van der Waals surface area contributed by atoms with Crippen molar-refractivity contribution in [2.24, 2.45) is 5.73 Å². The molecule has 0 aliphatic carbocycles. The van der Waals surface area contributed by atoms with Crippen LogP contribution < -0.4 is 11.1 Å². The van der Waals surface area contributed by atoms with Crippen LogP contribution in [-0.2, 0) is 11.2 Å². The standard InChI is InChI=1S/C11H13ClN2O2/c1-5-7(12)3-2-6-4-8(14-10(5)6)9(13)11(15)16/h2-3,8-9,14H,4,13H2,1H3,(H,15,16). The lowest BCUT2D eigenvalue weighted by atomic mass is 10.0. The van der Waals surface area contributed by atoms with Gasteiger partial charge in [0.2, 0.25) is 0 Å². The van der Waals surface area contributed by atoms with Crippen molar-refractivity contribution < 1.29 is 9.90 Å². The molecule has 0 spiro atoms. The lowest BCUT2D eigenvalue weighted by molar-refractivity contribution is -0.138. The summed E-state index contributed by atoms with van der Waals surface area (Å²) in [5.41, 5.74) is 8.54. The molecule has 86 valence electrons. The molecule has 0 fully saturated rings. The van der Waals surface area contributed by atoms with Gasteiger partial charge in [0.05, 0.1) is 6.04 Å². The van der Waals surface area contributed by atoms with Crippen molar-refractivity contribution in [2.75, 3.05) is 5.32 Å². The molecule has 4 N–H and O–H groups in total. The molecule has 0 saturated heterocycles. The maximum atomic E-state index is 10.8. The molecule has 0 bridgehead atoms. The first-order chi connectivity index (χ1) is 7.50. The summed E-state index contributed by atoms with van der Waals surface area (Å²) in [6.07, 6.45) is 0.626. The van der Waals surface area contributed by atoms with E-state index in [1.807, 2.05) is 19.1 Å². The van der Waals surface area contributed by atoms with Crippen molar-refractivity contribution in [3.8, 4) is 0 Å². The minimum atomic E-state index is -0.992. The number of fused-ring (bicyclic) bond motifs is 1. The first kappa shape index (κ1) is 11.2. The summed E-state index contributed by atoms with van der Waals surface area (Å²) in [5.74, 6) is -0.992. The zero-order valence-corrected chi connectivity index (χ0v) is 9.58. The summed E-state index contributed by atoms with van der Waals surface area (Å²) in [7, 11) is 0. The van der Waals surface area contributed by atoms with Crippen LogP contribution in [0, 0.1) is 6.92 Å². The number of hydrogen-bond donors (Lipinski definition) is 3. The highest BCUT2D eigenvalue weighted by Crippen LogP contribution is 2.34. The lowest BCUT2D eigenvalue weighted by Gasteiger charge is -2.16. The monoisotopic (exact) mass is 240 g/mol. The fraction of sp³-hybridized carbons (Fsp3) is 0.364. The average Bonchev–Trinajstić information content (AvgIpc) is 2.67. The van der Waals surface area contributed by atoms with Crippen LogP contribution in [0.15, 0.2) is 12.1 Å². The molecule has 16 heavy (non-hydrogen) atoms. The summed E-state index contributed by atoms with van der Waals surface area (Å²) >= 11 is 5.99. The van der Waals surface area contributed by atoms with Gasteiger partial charge in [0, 0.05) is 10.7 Å². The fourth-order valence-electron chi connectivity index (χ4n) is 1.98. The predicted molar refractivity (Wildman–Crippen MR) is 62.9 cm³/mol. The number of nitrogens with one attached hydrogen (secondary N) is 1. The molecule has 1 aromatic carbocycles. The minimum absolute atomic E-state index is 0.260. The molecule has 2 rings (SSSR count). The maximum Gasteiger partial charge on any atom is 0.322 e. The Kier molecular flexibility index (Phi) is 2.78. The van der Waals surface area contributed by atoms with E-state index in [0.717, 1.165) is 16.8 Å². The van der Waals surface area contributed by atoms with Crippen molar-refractivity contribution in [2.45, 2.75) is 25.4 Å². The van der Waals surface area contributed by atoms with Crippen LogP contribution in [0.5, 0.6) is 0 Å². The second kappa shape index (κ2) is 3.96. The molecule has 2 unspecified atom stereocenters. The molecule has 2 atom stereocenters. The Hall–Kier alpha value is -1.26. The molecule has 0 aromatic heterocycles. The van der Waals surface area contributed by atoms with Gasteiger partial charge in [-0.15, -0.1) is 0 Å². The molecule has 4 nitrogen and oxygen atoms in total. The van der Waals surface area contributed by atoms with Gasteiger partial charge in [0.1, 0.15) is 6.04 Å². The van der Waals surface area contributed by atoms with Gasteiger partial charge in [-0.25, -0.2) is 0 Å². The van der Waals surface area contributed by atoms with Crippen LogP contribution in [-0.4, -0.2) is 23.2 Å². The van der Waals surface area contributed by atoms with Gasteiger partial charge in [-0.05, 0) is 30.5 Å². The SMILES string of the molecule is Cc1c(Cl)ccc2c1NC(C(N)C(=O)O)C2. The largest absolute Gasteiger partial charge is 0.480 e. The normalized spacial score (nSPS) is 20.1. The number of halogens is 1. The number of hydrogen-bond acceptors (Lipinski definition) is 3. The molecule has 1 aromatic rings. The highest BCUT2D eigenvalue weighted by atomic mass is 35.5. The first-order valence-electron chi connectivity index (χ1n) is 5.03. The summed E-state index contributed by atoms with van der Waals surface area (Å²) in [4.78, 5) is 10.8. The molecule has 1 aliphatic rings. The Morgan fingerprint density at radius 2 is 2.38 bits per heavy atom. The fourth-order valence-corrected chi connectivity index (χ4v) is 2.13. The number of carboxylic acid groups (broad SMARTS) is 1. The Balaban J connectivity index is 2.28. The number of benzene rings is 1. The zero-order valence-electron chi connectivity index (χ0n) is 8.83. The topological polar surface area (TPSA) is 75.3 Å². The second-order valence-electron chi connectivity index (χ2n) is 4.03. The summed E-state index contributed by atoms with van der Waals surface area (Å²) in [6.45, 7) is 1.91. The van der Waals surface area contributed by atoms with Gasteiger partial charge in [-0.3, -0.25) is 4.79 Å². The van der Waals surface area contributed by atoms with Gasteiger partial charge in [-0.2, -0.15) is 0 Å². The highest BCUT2D eigenvalue weighted by Gasteiger charge is 2.31. The third-order valence-electron chi connectivity index (χ3n) is 2.97. The summed E-state index contributed by atoms with van der Waals surface area (Å²) in [6, 6.07) is 2.58. The smallest absolute Gasteiger partial charge is 0.322 e. The maximum absolute atomic E-state index is 10.8. The van der Waals surface area contributed by atoms with Crippen LogP contribution in [0.2, 0.25) is 5.02 Å². The van der Waals surface area contributed by atoms with Crippen LogP contribution in [0.3, 0.4) is 0 Å². The quantitative estimate of drug-likeness (QED) is 0.731. The minimum Gasteiger partial charge on any atom is -0.480 e. The number of rotatable bonds is 2. The highest BCUT2D eigenvalue weighted by molar-refractivity contribution is 6.31. The Labute approximate surface area is 98.4 Å². The van der Waals surface area contributed by atoms with E-state index in [0.29, 0.717) is 11.4 Å². The van der Waals surface area contributed by atoms with E-state index < -0.39 is 12.0 Å².